The monoisotopic (exact) mass is 297 g/mol. The first-order chi connectivity index (χ1) is 9.34. The van der Waals surface area contributed by atoms with Gasteiger partial charge in [-0.3, -0.25) is 9.69 Å². The molecule has 6 nitrogen and oxygen atoms in total. The highest BCUT2D eigenvalue weighted by Crippen LogP contribution is 2.33. The number of aromatic nitrogens is 1. The molecule has 0 amide bonds. The molecule has 2 rings (SSSR count). The Bertz CT molecular complexity index is 501. The molecule has 1 fully saturated rings. The van der Waals surface area contributed by atoms with Crippen LogP contribution in [0.5, 0.6) is 0 Å². The van der Waals surface area contributed by atoms with E-state index in [-0.39, 0.29) is 21.9 Å². The zero-order chi connectivity index (χ0) is 14.9. The van der Waals surface area contributed by atoms with Gasteiger partial charge in [-0.2, -0.15) is 0 Å². The lowest BCUT2D eigenvalue weighted by molar-refractivity contribution is 0.0684. The van der Waals surface area contributed by atoms with Crippen LogP contribution >= 0.6 is 11.3 Å². The van der Waals surface area contributed by atoms with E-state index in [2.05, 4.69) is 15.2 Å². The third-order valence-corrected chi connectivity index (χ3v) is 5.05. The molecule has 0 atom stereocenters. The zero-order valence-corrected chi connectivity index (χ0v) is 12.7. The molecule has 1 aromatic heterocycles. The normalized spacial score (nSPS) is 17.1. The fourth-order valence-corrected chi connectivity index (χ4v) is 3.41. The van der Waals surface area contributed by atoms with Crippen LogP contribution in [0.1, 0.15) is 45.9 Å². The molecule has 0 saturated carbocycles. The standard InChI is InChI=1S/C13H19N3O3S/c1-8(17)10-9(11(18)19)15-12(20-10)13(2,3)16-6-4-14-5-7-16/h14H,4-7H2,1-3H3,(H,18,19). The number of hydrogen-bond donors (Lipinski definition) is 2. The number of hydrogen-bond acceptors (Lipinski definition) is 6. The van der Waals surface area contributed by atoms with Crippen LogP contribution in [-0.2, 0) is 5.54 Å². The minimum absolute atomic E-state index is 0.124. The smallest absolute Gasteiger partial charge is 0.356 e. The van der Waals surface area contributed by atoms with Crippen LogP contribution in [0.3, 0.4) is 0 Å². The lowest BCUT2D eigenvalue weighted by Gasteiger charge is -2.39. The quantitative estimate of drug-likeness (QED) is 0.812. The molecule has 0 spiro atoms. The van der Waals surface area contributed by atoms with Gasteiger partial charge in [0.25, 0.3) is 0 Å². The van der Waals surface area contributed by atoms with E-state index >= 15 is 0 Å². The molecule has 1 saturated heterocycles. The molecule has 2 heterocycles. The van der Waals surface area contributed by atoms with E-state index in [1.54, 1.807) is 0 Å². The fourth-order valence-electron chi connectivity index (χ4n) is 2.32. The second-order valence-corrected chi connectivity index (χ2v) is 6.35. The Morgan fingerprint density at radius 3 is 2.40 bits per heavy atom. The lowest BCUT2D eigenvalue weighted by atomic mass is 10.0. The Kier molecular flexibility index (Phi) is 4.22. The van der Waals surface area contributed by atoms with Crippen molar-refractivity contribution in [2.75, 3.05) is 26.2 Å². The van der Waals surface area contributed by atoms with E-state index in [0.717, 1.165) is 26.2 Å². The van der Waals surface area contributed by atoms with Gasteiger partial charge in [-0.05, 0) is 13.8 Å². The maximum Gasteiger partial charge on any atom is 0.356 e. The van der Waals surface area contributed by atoms with Gasteiger partial charge in [-0.15, -0.1) is 11.3 Å². The number of carboxylic acid groups (broad SMARTS) is 1. The van der Waals surface area contributed by atoms with E-state index < -0.39 is 5.97 Å². The van der Waals surface area contributed by atoms with Gasteiger partial charge in [0.2, 0.25) is 0 Å². The predicted molar refractivity (Wildman–Crippen MR) is 76.5 cm³/mol. The average Bonchev–Trinajstić information content (AvgIpc) is 2.85. The summed E-state index contributed by atoms with van der Waals surface area (Å²) in [6, 6.07) is 0. The Labute approximate surface area is 121 Å². The molecule has 0 bridgehead atoms. The van der Waals surface area contributed by atoms with Crippen LogP contribution in [-0.4, -0.2) is 52.9 Å². The highest BCUT2D eigenvalue weighted by Gasteiger charge is 2.35. The number of piperazine rings is 1. The molecule has 0 radical (unpaired) electrons. The van der Waals surface area contributed by atoms with Crippen molar-refractivity contribution in [2.45, 2.75) is 26.3 Å². The number of thiazole rings is 1. The maximum atomic E-state index is 11.6. The molecule has 110 valence electrons. The zero-order valence-electron chi connectivity index (χ0n) is 11.9. The largest absolute Gasteiger partial charge is 0.476 e. The Balaban J connectivity index is 2.38. The summed E-state index contributed by atoms with van der Waals surface area (Å²) in [6.07, 6.45) is 0. The second-order valence-electron chi connectivity index (χ2n) is 5.35. The number of carbonyl (C=O) groups excluding carboxylic acids is 1. The van der Waals surface area contributed by atoms with Gasteiger partial charge in [0.15, 0.2) is 11.5 Å². The number of rotatable bonds is 4. The SMILES string of the molecule is CC(=O)c1sc(C(C)(C)N2CCNCC2)nc1C(=O)O. The molecule has 0 aromatic carbocycles. The molecular formula is C13H19N3O3S. The van der Waals surface area contributed by atoms with Crippen LogP contribution in [0.4, 0.5) is 0 Å². The van der Waals surface area contributed by atoms with E-state index in [0.29, 0.717) is 5.01 Å². The predicted octanol–water partition coefficient (Wildman–Crippen LogP) is 1.18. The van der Waals surface area contributed by atoms with Crippen LogP contribution in [0.25, 0.3) is 0 Å². The highest BCUT2D eigenvalue weighted by molar-refractivity contribution is 7.14. The average molecular weight is 297 g/mol. The highest BCUT2D eigenvalue weighted by atomic mass is 32.1. The van der Waals surface area contributed by atoms with Gasteiger partial charge in [0.1, 0.15) is 9.88 Å². The Morgan fingerprint density at radius 1 is 1.35 bits per heavy atom. The van der Waals surface area contributed by atoms with Crippen molar-refractivity contribution in [1.29, 1.82) is 0 Å². The fraction of sp³-hybridized carbons (Fsp3) is 0.615. The Morgan fingerprint density at radius 2 is 1.95 bits per heavy atom. The summed E-state index contributed by atoms with van der Waals surface area (Å²) in [5, 5.41) is 13.1. The van der Waals surface area contributed by atoms with Crippen molar-refractivity contribution in [1.82, 2.24) is 15.2 Å². The number of aromatic carboxylic acids is 1. The number of nitrogens with one attached hydrogen (secondary N) is 1. The van der Waals surface area contributed by atoms with Gasteiger partial charge < -0.3 is 10.4 Å². The summed E-state index contributed by atoms with van der Waals surface area (Å²) in [4.78, 5) is 29.5. The topological polar surface area (TPSA) is 82.5 Å². The summed E-state index contributed by atoms with van der Waals surface area (Å²) < 4.78 is 0. The van der Waals surface area contributed by atoms with Crippen LogP contribution < -0.4 is 5.32 Å². The second kappa shape index (κ2) is 5.59. The molecule has 2 N–H and O–H groups in total. The van der Waals surface area contributed by atoms with Gasteiger partial charge in [-0.1, -0.05) is 0 Å². The van der Waals surface area contributed by atoms with Gasteiger partial charge >= 0.3 is 5.97 Å². The number of carbonyl (C=O) groups is 2. The van der Waals surface area contributed by atoms with Crippen molar-refractivity contribution < 1.29 is 14.7 Å². The molecule has 1 aliphatic heterocycles. The first-order valence-electron chi connectivity index (χ1n) is 6.55. The summed E-state index contributed by atoms with van der Waals surface area (Å²) in [5.41, 5.74) is -0.495. The third kappa shape index (κ3) is 2.74. The molecule has 1 aromatic rings. The first kappa shape index (κ1) is 15.1. The molecule has 1 aliphatic rings. The Hall–Kier alpha value is -1.31. The van der Waals surface area contributed by atoms with Crippen molar-refractivity contribution >= 4 is 23.1 Å². The summed E-state index contributed by atoms with van der Waals surface area (Å²) in [5.74, 6) is -1.39. The van der Waals surface area contributed by atoms with Crippen molar-refractivity contribution in [2.24, 2.45) is 0 Å². The number of nitrogens with zero attached hydrogens (tertiary/aromatic N) is 2. The molecule has 0 aliphatic carbocycles. The minimum Gasteiger partial charge on any atom is -0.476 e. The van der Waals surface area contributed by atoms with Gasteiger partial charge in [0, 0.05) is 33.1 Å². The van der Waals surface area contributed by atoms with E-state index in [4.69, 9.17) is 0 Å². The summed E-state index contributed by atoms with van der Waals surface area (Å²) >= 11 is 1.19. The van der Waals surface area contributed by atoms with Gasteiger partial charge in [-0.25, -0.2) is 9.78 Å². The molecule has 0 unspecified atom stereocenters. The van der Waals surface area contributed by atoms with Gasteiger partial charge in [0.05, 0.1) is 5.54 Å². The van der Waals surface area contributed by atoms with E-state index in [1.165, 1.54) is 18.3 Å². The van der Waals surface area contributed by atoms with E-state index in [1.807, 2.05) is 13.8 Å². The number of carboxylic acids is 1. The van der Waals surface area contributed by atoms with Crippen molar-refractivity contribution in [3.05, 3.63) is 15.6 Å². The summed E-state index contributed by atoms with van der Waals surface area (Å²) in [6.45, 7) is 8.98. The molecular weight excluding hydrogens is 278 g/mol. The number of Topliss-reactive ketones (excluding diaryl/α,β-unsaturated/α-hetero) is 1. The van der Waals surface area contributed by atoms with E-state index in [9.17, 15) is 14.7 Å². The first-order valence-corrected chi connectivity index (χ1v) is 7.37. The lowest BCUT2D eigenvalue weighted by Crippen LogP contribution is -2.51. The van der Waals surface area contributed by atoms with Crippen molar-refractivity contribution in [3.63, 3.8) is 0 Å². The summed E-state index contributed by atoms with van der Waals surface area (Å²) in [7, 11) is 0. The third-order valence-electron chi connectivity index (χ3n) is 3.58. The van der Waals surface area contributed by atoms with Crippen LogP contribution in [0, 0.1) is 0 Å². The van der Waals surface area contributed by atoms with Crippen LogP contribution in [0.15, 0.2) is 0 Å². The number of ketones is 1. The van der Waals surface area contributed by atoms with Crippen LogP contribution in [0.2, 0.25) is 0 Å². The molecule has 20 heavy (non-hydrogen) atoms. The minimum atomic E-state index is -1.14. The van der Waals surface area contributed by atoms with Crippen molar-refractivity contribution in [3.8, 4) is 0 Å². The molecule has 7 heteroatoms. The maximum absolute atomic E-state index is 11.6.